The van der Waals surface area contributed by atoms with Gasteiger partial charge >= 0.3 is 33.3 Å². The van der Waals surface area contributed by atoms with Crippen LogP contribution in [0.25, 0.3) is 0 Å². The van der Waals surface area contributed by atoms with Crippen molar-refractivity contribution in [2.45, 2.75) is 133 Å². The van der Waals surface area contributed by atoms with Gasteiger partial charge in [-0.05, 0) is 101 Å². The number of ether oxygens (including phenoxy) is 5. The van der Waals surface area contributed by atoms with E-state index in [4.69, 9.17) is 28.2 Å². The molecule has 0 aromatic carbocycles. The van der Waals surface area contributed by atoms with Crippen LogP contribution in [0.3, 0.4) is 0 Å². The number of esters is 3. The van der Waals surface area contributed by atoms with Gasteiger partial charge in [0.25, 0.3) is 0 Å². The fourth-order valence-electron chi connectivity index (χ4n) is 11.9. The minimum Gasteiger partial charge on any atom is -0.464 e. The summed E-state index contributed by atoms with van der Waals surface area (Å²) in [6.45, 7) is -0.468. The van der Waals surface area contributed by atoms with Gasteiger partial charge in [0.1, 0.15) is 31.4 Å². The molecule has 308 valence electrons. The molecule has 0 aromatic rings. The Morgan fingerprint density at radius 2 is 1.22 bits per heavy atom. The van der Waals surface area contributed by atoms with Crippen molar-refractivity contribution in [3.8, 4) is 0 Å². The van der Waals surface area contributed by atoms with Gasteiger partial charge in [0.15, 0.2) is 6.29 Å². The van der Waals surface area contributed by atoms with Crippen LogP contribution >= 0.6 is 0 Å². The molecule has 8 unspecified atom stereocenters. The van der Waals surface area contributed by atoms with E-state index in [1.54, 1.807) is 0 Å². The highest BCUT2D eigenvalue weighted by atomic mass is 32.2. The molecule has 16 heteroatoms. The first-order valence-corrected chi connectivity index (χ1v) is 21.5. The highest BCUT2D eigenvalue weighted by Gasteiger charge is 2.59. The first-order valence-electron chi connectivity index (χ1n) is 20.1. The van der Waals surface area contributed by atoms with Gasteiger partial charge in [-0.25, -0.2) is 4.79 Å². The number of rotatable bonds is 12. The summed E-state index contributed by atoms with van der Waals surface area (Å²) in [5.74, 6) is -3.49. The Bertz CT molecular complexity index is 1550. The van der Waals surface area contributed by atoms with Gasteiger partial charge in [-0.15, -0.1) is 0 Å². The second-order valence-electron chi connectivity index (χ2n) is 18.5. The summed E-state index contributed by atoms with van der Waals surface area (Å²) in [6.07, 6.45) is 12.0. The molecule has 1 aliphatic heterocycles. The summed E-state index contributed by atoms with van der Waals surface area (Å²) in [6, 6.07) is 0. The summed E-state index contributed by atoms with van der Waals surface area (Å²) >= 11 is 0. The predicted octanol–water partition coefficient (Wildman–Crippen LogP) is 5.37. The second-order valence-corrected chi connectivity index (χ2v) is 20.0. The molecule has 6 saturated carbocycles. The minimum atomic E-state index is -6.05. The van der Waals surface area contributed by atoms with Crippen LogP contribution in [0.4, 0.5) is 8.78 Å². The van der Waals surface area contributed by atoms with E-state index in [-0.39, 0.29) is 75.3 Å². The lowest BCUT2D eigenvalue weighted by molar-refractivity contribution is -0.279. The molecular weight excluding hydrogens is 746 g/mol. The Kier molecular flexibility index (Phi) is 11.3. The van der Waals surface area contributed by atoms with Crippen LogP contribution in [0.1, 0.15) is 116 Å². The molecule has 7 rings (SSSR count). The fourth-order valence-corrected chi connectivity index (χ4v) is 12.1. The molecule has 0 aromatic heterocycles. The standard InChI is InChI=1S/C39H54F2O13S/c40-39(41,55(47,48)49)34(46)54-38-9-3-6-27(17-38)12-30(18-38)31-50-21-35(22-51-31,23-52-32(44)36-7-1-4-25(13-36)10-28(15-36)19-42)24-53-33(45)37-8-2-5-26(14-37)11-29(16-37)20-43/h19-20,25-31H,1-18,21-24H2,(H,47,48,49)/t25?,26?,27?,28-,29?,30?,31?,35?,36?,37?,38?/m0/s1. The van der Waals surface area contributed by atoms with E-state index in [1.807, 2.05) is 0 Å². The summed E-state index contributed by atoms with van der Waals surface area (Å²) in [4.78, 5) is 64.0. The van der Waals surface area contributed by atoms with E-state index in [0.717, 1.165) is 57.5 Å². The number of halogens is 2. The third kappa shape index (κ3) is 8.12. The minimum absolute atomic E-state index is 0.0472. The normalized spacial score (nSPS) is 41.6. The van der Waals surface area contributed by atoms with E-state index in [0.29, 0.717) is 51.4 Å². The molecule has 1 heterocycles. The SMILES string of the molecule is O=CC1CC2CCCC(C(=O)OCC3(COC(=O)C45CCCC(C[C@H](C=O)C4)C5)COC(C4CC5CCCC(OC(=O)C(F)(F)S(=O)(=O)O)(C5)C4)OC3)(C1)C2. The summed E-state index contributed by atoms with van der Waals surface area (Å²) in [5, 5.41) is -5.12. The average Bonchev–Trinajstić information content (AvgIpc) is 3.15. The van der Waals surface area contributed by atoms with Crippen LogP contribution in [0.2, 0.25) is 0 Å². The van der Waals surface area contributed by atoms with Crippen LogP contribution in [-0.4, -0.2) is 87.0 Å². The van der Waals surface area contributed by atoms with Gasteiger partial charge in [-0.1, -0.05) is 32.1 Å². The molecule has 13 nitrogen and oxygen atoms in total. The topological polar surface area (TPSA) is 186 Å². The molecule has 0 spiro atoms. The predicted molar refractivity (Wildman–Crippen MR) is 186 cm³/mol. The maximum Gasteiger partial charge on any atom is 0.465 e. The largest absolute Gasteiger partial charge is 0.465 e. The van der Waals surface area contributed by atoms with Crippen molar-refractivity contribution >= 4 is 40.6 Å². The lowest BCUT2D eigenvalue weighted by Crippen LogP contribution is -2.55. The molecular formula is C39H54F2O13S. The number of fused-ring (bicyclic) bond motifs is 6. The van der Waals surface area contributed by atoms with E-state index in [2.05, 4.69) is 0 Å². The zero-order valence-electron chi connectivity index (χ0n) is 31.3. The number of carbonyl (C=O) groups is 5. The van der Waals surface area contributed by atoms with Crippen molar-refractivity contribution < 1.29 is 69.4 Å². The first kappa shape index (κ1) is 40.6. The number of hydrogen-bond donors (Lipinski definition) is 1. The Balaban J connectivity index is 1.06. The highest BCUT2D eigenvalue weighted by Crippen LogP contribution is 2.54. The fraction of sp³-hybridized carbons (Fsp3) is 0.872. The molecule has 6 bridgehead atoms. The molecule has 0 radical (unpaired) electrons. The molecule has 0 amide bonds. The molecule has 7 aliphatic rings. The van der Waals surface area contributed by atoms with Gasteiger partial charge in [-0.2, -0.15) is 17.2 Å². The molecule has 7 fully saturated rings. The summed E-state index contributed by atoms with van der Waals surface area (Å²) in [5.41, 5.74) is -4.07. The summed E-state index contributed by atoms with van der Waals surface area (Å²) < 4.78 is 90.2. The van der Waals surface area contributed by atoms with Crippen molar-refractivity contribution in [3.05, 3.63) is 0 Å². The quantitative estimate of drug-likeness (QED) is 0.115. The van der Waals surface area contributed by atoms with Gasteiger partial charge in [0, 0.05) is 17.8 Å². The smallest absolute Gasteiger partial charge is 0.464 e. The van der Waals surface area contributed by atoms with Crippen molar-refractivity contribution in [1.82, 2.24) is 0 Å². The molecule has 1 saturated heterocycles. The Morgan fingerprint density at radius 3 is 1.71 bits per heavy atom. The third-order valence-electron chi connectivity index (χ3n) is 14.3. The summed E-state index contributed by atoms with van der Waals surface area (Å²) in [7, 11) is -6.05. The highest BCUT2D eigenvalue weighted by molar-refractivity contribution is 7.87. The van der Waals surface area contributed by atoms with E-state index in [9.17, 15) is 41.2 Å². The van der Waals surface area contributed by atoms with Gasteiger partial charge in [-0.3, -0.25) is 14.1 Å². The molecule has 6 aliphatic carbocycles. The van der Waals surface area contributed by atoms with E-state index in [1.165, 1.54) is 0 Å². The number of carbonyl (C=O) groups excluding carboxylic acids is 5. The second kappa shape index (κ2) is 15.3. The lowest BCUT2D eigenvalue weighted by atomic mass is 9.59. The van der Waals surface area contributed by atoms with Crippen molar-refractivity contribution in [3.63, 3.8) is 0 Å². The maximum atomic E-state index is 14.3. The van der Waals surface area contributed by atoms with Crippen LogP contribution in [0.5, 0.6) is 0 Å². The van der Waals surface area contributed by atoms with Gasteiger partial charge < -0.3 is 33.3 Å². The zero-order valence-corrected chi connectivity index (χ0v) is 32.1. The Morgan fingerprint density at radius 1 is 0.727 bits per heavy atom. The van der Waals surface area contributed by atoms with Crippen molar-refractivity contribution in [2.75, 3.05) is 26.4 Å². The Hall–Kier alpha value is -2.56. The molecule has 9 atom stereocenters. The average molecular weight is 801 g/mol. The number of hydrogen-bond acceptors (Lipinski definition) is 12. The van der Waals surface area contributed by atoms with Crippen molar-refractivity contribution in [1.29, 1.82) is 0 Å². The molecule has 1 N–H and O–H groups in total. The first-order chi connectivity index (χ1) is 26.0. The van der Waals surface area contributed by atoms with Crippen LogP contribution in [0.15, 0.2) is 0 Å². The Labute approximate surface area is 320 Å². The van der Waals surface area contributed by atoms with Gasteiger partial charge in [0.05, 0.1) is 29.5 Å². The maximum absolute atomic E-state index is 14.3. The van der Waals surface area contributed by atoms with Gasteiger partial charge in [0.2, 0.25) is 0 Å². The van der Waals surface area contributed by atoms with Crippen molar-refractivity contribution in [2.24, 2.45) is 51.8 Å². The zero-order chi connectivity index (χ0) is 39.3. The van der Waals surface area contributed by atoms with Crippen LogP contribution in [0, 0.1) is 51.8 Å². The van der Waals surface area contributed by atoms with E-state index < -0.39 is 67.3 Å². The van der Waals surface area contributed by atoms with Crippen LogP contribution in [-0.2, 0) is 57.8 Å². The van der Waals surface area contributed by atoms with Crippen LogP contribution < -0.4 is 0 Å². The monoisotopic (exact) mass is 800 g/mol. The number of aldehydes is 2. The molecule has 55 heavy (non-hydrogen) atoms. The third-order valence-corrected chi connectivity index (χ3v) is 15.1. The lowest BCUT2D eigenvalue weighted by Gasteiger charge is -2.50. The van der Waals surface area contributed by atoms with E-state index >= 15 is 0 Å². The number of alkyl halides is 2.